The Labute approximate surface area is 95.0 Å². The molecule has 3 rings (SSSR count). The van der Waals surface area contributed by atoms with Crippen LogP contribution in [-0.4, -0.2) is 30.0 Å². The quantitative estimate of drug-likeness (QED) is 0.707. The van der Waals surface area contributed by atoms with Gasteiger partial charge in [0.25, 0.3) is 5.91 Å². The molecule has 1 aromatic carbocycles. The monoisotopic (exact) mass is 217 g/mol. The number of hydrogen-bond acceptors (Lipinski definition) is 2. The zero-order chi connectivity index (χ0) is 11.0. The van der Waals surface area contributed by atoms with Gasteiger partial charge in [0.1, 0.15) is 6.10 Å². The van der Waals surface area contributed by atoms with Crippen LogP contribution >= 0.6 is 0 Å². The van der Waals surface area contributed by atoms with E-state index in [9.17, 15) is 4.79 Å². The smallest absolute Gasteiger partial charge is 0.254 e. The molecule has 2 aliphatic rings. The number of carbonyl (C=O) groups is 1. The maximum Gasteiger partial charge on any atom is 0.254 e. The molecule has 16 heavy (non-hydrogen) atoms. The Morgan fingerprint density at radius 2 is 1.88 bits per heavy atom. The molecule has 0 unspecified atom stereocenters. The normalized spacial score (nSPS) is 28.1. The molecule has 0 radical (unpaired) electrons. The molecule has 2 heterocycles. The Morgan fingerprint density at radius 1 is 1.19 bits per heavy atom. The maximum absolute atomic E-state index is 12.0. The third kappa shape index (κ3) is 1.71. The van der Waals surface area contributed by atoms with E-state index in [0.29, 0.717) is 0 Å². The molecular weight excluding hydrogens is 202 g/mol. The number of benzene rings is 1. The lowest BCUT2D eigenvalue weighted by Gasteiger charge is -2.12. The van der Waals surface area contributed by atoms with Crippen LogP contribution in [0.4, 0.5) is 0 Å². The number of likely N-dealkylation sites (tertiary alicyclic amines) is 1. The number of rotatable bonds is 2. The molecule has 0 aromatic heterocycles. The highest BCUT2D eigenvalue weighted by Crippen LogP contribution is 2.39. The van der Waals surface area contributed by atoms with Gasteiger partial charge >= 0.3 is 0 Å². The van der Waals surface area contributed by atoms with Crippen molar-refractivity contribution in [2.75, 3.05) is 13.1 Å². The third-order valence-corrected chi connectivity index (χ3v) is 3.28. The first kappa shape index (κ1) is 9.85. The van der Waals surface area contributed by atoms with E-state index in [1.165, 1.54) is 0 Å². The molecular formula is C13H15NO2. The number of carbonyl (C=O) groups excluding carboxylic acids is 1. The first-order valence-electron chi connectivity index (χ1n) is 5.85. The lowest BCUT2D eigenvalue weighted by Crippen LogP contribution is -2.31. The summed E-state index contributed by atoms with van der Waals surface area (Å²) in [7, 11) is 0. The van der Waals surface area contributed by atoms with E-state index >= 15 is 0 Å². The van der Waals surface area contributed by atoms with Crippen LogP contribution < -0.4 is 0 Å². The number of nitrogens with zero attached hydrogens (tertiary/aromatic N) is 1. The molecule has 2 aliphatic heterocycles. The van der Waals surface area contributed by atoms with Gasteiger partial charge in [-0.15, -0.1) is 0 Å². The van der Waals surface area contributed by atoms with E-state index in [0.717, 1.165) is 31.5 Å². The maximum atomic E-state index is 12.0. The molecule has 2 fully saturated rings. The highest BCUT2D eigenvalue weighted by molar-refractivity contribution is 5.84. The van der Waals surface area contributed by atoms with E-state index in [1.807, 2.05) is 35.2 Å². The molecule has 0 saturated carbocycles. The fraction of sp³-hybridized carbons (Fsp3) is 0.462. The number of hydrogen-bond donors (Lipinski definition) is 0. The summed E-state index contributed by atoms with van der Waals surface area (Å²) in [5, 5.41) is 0. The first-order chi connectivity index (χ1) is 7.86. The van der Waals surface area contributed by atoms with Crippen LogP contribution in [0.5, 0.6) is 0 Å². The van der Waals surface area contributed by atoms with Crippen molar-refractivity contribution in [2.45, 2.75) is 25.0 Å². The minimum Gasteiger partial charge on any atom is -0.354 e. The summed E-state index contributed by atoms with van der Waals surface area (Å²) in [6.45, 7) is 1.81. The SMILES string of the molecule is O=C([C@@H]1O[C@H]1c1ccccc1)N1CCCC1. The first-order valence-corrected chi connectivity index (χ1v) is 5.85. The van der Waals surface area contributed by atoms with Crippen molar-refractivity contribution in [1.82, 2.24) is 4.90 Å². The highest BCUT2D eigenvalue weighted by atomic mass is 16.6. The van der Waals surface area contributed by atoms with Crippen LogP contribution in [0.25, 0.3) is 0 Å². The van der Waals surface area contributed by atoms with Crippen molar-refractivity contribution in [3.05, 3.63) is 35.9 Å². The van der Waals surface area contributed by atoms with E-state index in [1.54, 1.807) is 0 Å². The van der Waals surface area contributed by atoms with Gasteiger partial charge in [0.2, 0.25) is 0 Å². The van der Waals surface area contributed by atoms with Crippen molar-refractivity contribution in [2.24, 2.45) is 0 Å². The van der Waals surface area contributed by atoms with Gasteiger partial charge in [-0.05, 0) is 18.4 Å². The van der Waals surface area contributed by atoms with Gasteiger partial charge in [0.05, 0.1) is 0 Å². The lowest BCUT2D eigenvalue weighted by molar-refractivity contribution is -0.131. The number of epoxide rings is 1. The predicted octanol–water partition coefficient (Wildman–Crippen LogP) is 1.75. The Kier molecular flexibility index (Phi) is 2.40. The summed E-state index contributed by atoms with van der Waals surface area (Å²) in [6.07, 6.45) is 2.04. The molecule has 0 aliphatic carbocycles. The van der Waals surface area contributed by atoms with E-state index < -0.39 is 0 Å². The van der Waals surface area contributed by atoms with E-state index in [-0.39, 0.29) is 18.1 Å². The predicted molar refractivity (Wildman–Crippen MR) is 59.9 cm³/mol. The topological polar surface area (TPSA) is 32.8 Å². The molecule has 3 nitrogen and oxygen atoms in total. The van der Waals surface area contributed by atoms with Crippen LogP contribution in [0.3, 0.4) is 0 Å². The summed E-state index contributed by atoms with van der Waals surface area (Å²) in [6, 6.07) is 9.97. The number of amides is 1. The van der Waals surface area contributed by atoms with Crippen molar-refractivity contribution in [3.63, 3.8) is 0 Å². The van der Waals surface area contributed by atoms with Crippen LogP contribution in [0.2, 0.25) is 0 Å². The summed E-state index contributed by atoms with van der Waals surface area (Å²) in [5.41, 5.74) is 1.11. The van der Waals surface area contributed by atoms with Gasteiger partial charge in [-0.3, -0.25) is 4.79 Å². The second-order valence-corrected chi connectivity index (χ2v) is 4.42. The molecule has 2 saturated heterocycles. The standard InChI is InChI=1S/C13H15NO2/c15-13(14-8-4-5-9-14)12-11(16-12)10-6-2-1-3-7-10/h1-3,6-7,11-12H,4-5,8-9H2/t11-,12+/m0/s1. The zero-order valence-corrected chi connectivity index (χ0v) is 9.13. The van der Waals surface area contributed by atoms with Crippen molar-refractivity contribution < 1.29 is 9.53 Å². The van der Waals surface area contributed by atoms with Gasteiger partial charge in [-0.25, -0.2) is 0 Å². The summed E-state index contributed by atoms with van der Waals surface area (Å²) in [4.78, 5) is 13.9. The summed E-state index contributed by atoms with van der Waals surface area (Å²) >= 11 is 0. The zero-order valence-electron chi connectivity index (χ0n) is 9.13. The fourth-order valence-electron chi connectivity index (χ4n) is 2.31. The molecule has 3 heteroatoms. The molecule has 84 valence electrons. The molecule has 0 N–H and O–H groups in total. The van der Waals surface area contributed by atoms with Gasteiger partial charge in [0, 0.05) is 13.1 Å². The van der Waals surface area contributed by atoms with Gasteiger partial charge in [0.15, 0.2) is 6.10 Å². The fourth-order valence-corrected chi connectivity index (χ4v) is 2.31. The second-order valence-electron chi connectivity index (χ2n) is 4.42. The summed E-state index contributed by atoms with van der Waals surface area (Å²) in [5.74, 6) is 0.173. The van der Waals surface area contributed by atoms with E-state index in [2.05, 4.69) is 0 Å². The van der Waals surface area contributed by atoms with Gasteiger partial charge < -0.3 is 9.64 Å². The average Bonchev–Trinajstić information content (AvgIpc) is 2.95. The minimum atomic E-state index is -0.222. The summed E-state index contributed by atoms with van der Waals surface area (Å²) < 4.78 is 5.49. The molecule has 0 spiro atoms. The Morgan fingerprint density at radius 3 is 2.56 bits per heavy atom. The van der Waals surface area contributed by atoms with Crippen LogP contribution in [0.1, 0.15) is 24.5 Å². The van der Waals surface area contributed by atoms with Gasteiger partial charge in [-0.1, -0.05) is 30.3 Å². The average molecular weight is 217 g/mol. The van der Waals surface area contributed by atoms with Crippen molar-refractivity contribution in [3.8, 4) is 0 Å². The van der Waals surface area contributed by atoms with Crippen LogP contribution in [0.15, 0.2) is 30.3 Å². The molecule has 1 aromatic rings. The molecule has 0 bridgehead atoms. The van der Waals surface area contributed by atoms with E-state index in [4.69, 9.17) is 4.74 Å². The van der Waals surface area contributed by atoms with Crippen LogP contribution in [-0.2, 0) is 9.53 Å². The van der Waals surface area contributed by atoms with Crippen molar-refractivity contribution in [1.29, 1.82) is 0 Å². The van der Waals surface area contributed by atoms with Crippen LogP contribution in [0, 0.1) is 0 Å². The minimum absolute atomic E-state index is 0.00528. The largest absolute Gasteiger partial charge is 0.354 e. The van der Waals surface area contributed by atoms with Crippen molar-refractivity contribution >= 4 is 5.91 Å². The molecule has 2 atom stereocenters. The number of ether oxygens (including phenoxy) is 1. The van der Waals surface area contributed by atoms with Gasteiger partial charge in [-0.2, -0.15) is 0 Å². The Balaban J connectivity index is 1.65. The third-order valence-electron chi connectivity index (χ3n) is 3.28. The second kappa shape index (κ2) is 3.91. The Hall–Kier alpha value is -1.35. The highest BCUT2D eigenvalue weighted by Gasteiger charge is 2.48. The lowest BCUT2D eigenvalue weighted by atomic mass is 10.1. The molecule has 1 amide bonds. The Bertz CT molecular complexity index is 384.